The Morgan fingerprint density at radius 2 is 2.06 bits per heavy atom. The summed E-state index contributed by atoms with van der Waals surface area (Å²) >= 11 is 0. The first-order chi connectivity index (χ1) is 17.1. The van der Waals surface area contributed by atoms with Crippen LogP contribution in [0.3, 0.4) is 0 Å². The molecule has 1 aliphatic heterocycles. The average Bonchev–Trinajstić information content (AvgIpc) is 3.64. The van der Waals surface area contributed by atoms with Gasteiger partial charge >= 0.3 is 0 Å². The van der Waals surface area contributed by atoms with Crippen molar-refractivity contribution in [2.45, 2.75) is 31.7 Å². The highest BCUT2D eigenvalue weighted by molar-refractivity contribution is 5.95. The molecule has 0 aliphatic carbocycles. The normalized spacial score (nSPS) is 18.1. The molecular weight excluding hydrogens is 444 g/mol. The van der Waals surface area contributed by atoms with Gasteiger partial charge in [-0.05, 0) is 56.5 Å². The number of anilines is 1. The molecule has 0 spiro atoms. The van der Waals surface area contributed by atoms with Crippen LogP contribution in [0.2, 0.25) is 0 Å². The van der Waals surface area contributed by atoms with Crippen LogP contribution < -0.4 is 11.1 Å². The number of piperidine rings is 1. The lowest BCUT2D eigenvalue weighted by molar-refractivity contribution is -0.126. The van der Waals surface area contributed by atoms with Crippen LogP contribution in [0.1, 0.15) is 31.7 Å². The number of furan rings is 1. The molecule has 5 heterocycles. The topological polar surface area (TPSA) is 129 Å². The maximum Gasteiger partial charge on any atom is 0.225 e. The zero-order valence-corrected chi connectivity index (χ0v) is 19.4. The maximum absolute atomic E-state index is 14.0. The van der Waals surface area contributed by atoms with Crippen LogP contribution in [0.5, 0.6) is 0 Å². The molecule has 10 heteroatoms. The smallest absolute Gasteiger partial charge is 0.225 e. The average molecular weight is 471 g/mol. The molecule has 0 amide bonds. The second-order valence-electron chi connectivity index (χ2n) is 9.19. The van der Waals surface area contributed by atoms with E-state index in [4.69, 9.17) is 10.2 Å². The Labute approximate surface area is 201 Å². The number of aromatic nitrogens is 6. The predicted octanol–water partition coefficient (Wildman–Crippen LogP) is 3.04. The van der Waals surface area contributed by atoms with Crippen LogP contribution in [-0.2, 0) is 10.3 Å². The molecule has 10 nitrogen and oxygen atoms in total. The number of rotatable bonds is 6. The highest BCUT2D eigenvalue weighted by Gasteiger charge is 2.40. The summed E-state index contributed by atoms with van der Waals surface area (Å²) in [6.07, 6.45) is 5.80. The van der Waals surface area contributed by atoms with Crippen molar-refractivity contribution in [1.29, 1.82) is 0 Å². The van der Waals surface area contributed by atoms with Crippen LogP contribution >= 0.6 is 0 Å². The molecule has 1 aliphatic rings. The molecule has 0 bridgehead atoms. The first-order valence-corrected chi connectivity index (χ1v) is 11.8. The number of hydrogen-bond acceptors (Lipinski definition) is 8. The van der Waals surface area contributed by atoms with Crippen LogP contribution in [-0.4, -0.2) is 48.2 Å². The van der Waals surface area contributed by atoms with Gasteiger partial charge in [0.2, 0.25) is 11.8 Å². The second-order valence-corrected chi connectivity index (χ2v) is 9.19. The highest BCUT2D eigenvalue weighted by Crippen LogP contribution is 2.34. The number of carbonyl (C=O) groups excluding carboxylic acids is 1. The van der Waals surface area contributed by atoms with E-state index in [1.54, 1.807) is 29.3 Å². The van der Waals surface area contributed by atoms with E-state index >= 15 is 0 Å². The van der Waals surface area contributed by atoms with E-state index in [2.05, 4.69) is 25.5 Å². The van der Waals surface area contributed by atoms with Gasteiger partial charge in [0.05, 0.1) is 17.8 Å². The summed E-state index contributed by atoms with van der Waals surface area (Å²) in [7, 11) is 0. The molecule has 178 valence electrons. The van der Waals surface area contributed by atoms with E-state index in [-0.39, 0.29) is 17.6 Å². The molecule has 1 unspecified atom stereocenters. The quantitative estimate of drug-likeness (QED) is 0.387. The zero-order valence-electron chi connectivity index (χ0n) is 19.4. The van der Waals surface area contributed by atoms with Crippen LogP contribution in [0, 0.1) is 5.92 Å². The molecule has 0 saturated carbocycles. The Bertz CT molecular complexity index is 1500. The van der Waals surface area contributed by atoms with Crippen molar-refractivity contribution in [3.8, 4) is 11.6 Å². The number of hydrogen-bond donors (Lipinski definition) is 2. The third-order valence-corrected chi connectivity index (χ3v) is 6.95. The van der Waals surface area contributed by atoms with E-state index in [1.165, 1.54) is 4.52 Å². The number of nitrogens with zero attached hydrogens (tertiary/aromatic N) is 6. The number of nitrogens with one attached hydrogen (secondary N) is 1. The Kier molecular flexibility index (Phi) is 5.10. The lowest BCUT2D eigenvalue weighted by Crippen LogP contribution is -2.43. The van der Waals surface area contributed by atoms with Gasteiger partial charge in [-0.2, -0.15) is 14.6 Å². The van der Waals surface area contributed by atoms with Crippen LogP contribution in [0.15, 0.2) is 59.3 Å². The van der Waals surface area contributed by atoms with Gasteiger partial charge in [-0.1, -0.05) is 30.3 Å². The third kappa shape index (κ3) is 3.48. The molecule has 6 rings (SSSR count). The van der Waals surface area contributed by atoms with Gasteiger partial charge in [-0.15, -0.1) is 5.10 Å². The van der Waals surface area contributed by atoms with Crippen LogP contribution in [0.25, 0.3) is 28.3 Å². The van der Waals surface area contributed by atoms with E-state index in [0.717, 1.165) is 31.5 Å². The number of nitrogen functional groups attached to an aromatic ring is 1. The first kappa shape index (κ1) is 21.5. The van der Waals surface area contributed by atoms with Crippen molar-refractivity contribution in [3.63, 3.8) is 0 Å². The molecule has 35 heavy (non-hydrogen) atoms. The summed E-state index contributed by atoms with van der Waals surface area (Å²) in [6.45, 7) is 3.76. The number of carbonyl (C=O) groups is 1. The van der Waals surface area contributed by atoms with Gasteiger partial charge in [0.25, 0.3) is 0 Å². The van der Waals surface area contributed by atoms with Crippen molar-refractivity contribution in [1.82, 2.24) is 34.7 Å². The molecule has 5 aromatic rings. The lowest BCUT2D eigenvalue weighted by atomic mass is 9.81. The second kappa shape index (κ2) is 8.31. The third-order valence-electron chi connectivity index (χ3n) is 6.95. The van der Waals surface area contributed by atoms with Crippen LogP contribution in [0.4, 0.5) is 5.95 Å². The Hall–Kier alpha value is -4.05. The van der Waals surface area contributed by atoms with Gasteiger partial charge < -0.3 is 15.5 Å². The standard InChI is InChI=1S/C25H26N8O2/c1-25(17-8-3-2-4-9-17,20(34)13-16-7-5-11-27-14-16)33-23-18(15-28-33)22-29-21(19-10-6-12-35-19)31-32(22)24(26)30-23/h2-4,6,8-10,12,15-16,27H,5,7,11,13-14H2,1H3,(H2,26,30)/t16-,25?/m0/s1. The SMILES string of the molecule is CC(C(=O)C[C@@H]1CCCNC1)(c1ccccc1)n1ncc2c1nc(N)n1nc(-c3ccco3)nc21. The summed E-state index contributed by atoms with van der Waals surface area (Å²) < 4.78 is 8.61. The zero-order chi connectivity index (χ0) is 24.0. The summed E-state index contributed by atoms with van der Waals surface area (Å²) in [5.74, 6) is 1.45. The fourth-order valence-electron chi connectivity index (χ4n) is 4.97. The Morgan fingerprint density at radius 1 is 1.20 bits per heavy atom. The van der Waals surface area contributed by atoms with Gasteiger partial charge in [-0.3, -0.25) is 4.79 Å². The molecule has 1 fully saturated rings. The monoisotopic (exact) mass is 470 g/mol. The van der Waals surface area contributed by atoms with Gasteiger partial charge in [0.15, 0.2) is 22.8 Å². The lowest BCUT2D eigenvalue weighted by Gasteiger charge is -2.32. The molecule has 3 N–H and O–H groups in total. The summed E-state index contributed by atoms with van der Waals surface area (Å²) in [6, 6.07) is 13.3. The number of fused-ring (bicyclic) bond motifs is 3. The van der Waals surface area contributed by atoms with E-state index < -0.39 is 5.54 Å². The minimum absolute atomic E-state index is 0.0837. The number of benzene rings is 1. The molecular formula is C25H26N8O2. The number of nitrogens with two attached hydrogens (primary N) is 1. The van der Waals surface area contributed by atoms with E-state index in [9.17, 15) is 4.79 Å². The predicted molar refractivity (Wildman–Crippen MR) is 131 cm³/mol. The summed E-state index contributed by atoms with van der Waals surface area (Å²) in [5.41, 5.74) is 7.07. The Morgan fingerprint density at radius 3 is 2.80 bits per heavy atom. The Balaban J connectivity index is 1.51. The van der Waals surface area contributed by atoms with Crippen molar-refractivity contribution >= 4 is 28.4 Å². The molecule has 1 saturated heterocycles. The van der Waals surface area contributed by atoms with E-state index in [0.29, 0.717) is 34.7 Å². The highest BCUT2D eigenvalue weighted by atomic mass is 16.3. The molecule has 1 aromatic carbocycles. The van der Waals surface area contributed by atoms with E-state index in [1.807, 2.05) is 37.3 Å². The molecule has 0 radical (unpaired) electrons. The fourth-order valence-corrected chi connectivity index (χ4v) is 4.97. The fraction of sp³-hybridized carbons (Fsp3) is 0.320. The number of Topliss-reactive ketones (excluding diaryl/α,β-unsaturated/α-hetero) is 1. The van der Waals surface area contributed by atoms with Crippen molar-refractivity contribution in [2.24, 2.45) is 5.92 Å². The minimum atomic E-state index is -1.07. The van der Waals surface area contributed by atoms with Crippen molar-refractivity contribution in [2.75, 3.05) is 18.8 Å². The van der Waals surface area contributed by atoms with Gasteiger partial charge in [0.1, 0.15) is 5.54 Å². The van der Waals surface area contributed by atoms with Crippen molar-refractivity contribution < 1.29 is 9.21 Å². The maximum atomic E-state index is 14.0. The largest absolute Gasteiger partial charge is 0.461 e. The molecule has 4 aromatic heterocycles. The number of ketones is 1. The first-order valence-electron chi connectivity index (χ1n) is 11.8. The molecule has 2 atom stereocenters. The van der Waals surface area contributed by atoms with Crippen molar-refractivity contribution in [3.05, 3.63) is 60.5 Å². The summed E-state index contributed by atoms with van der Waals surface area (Å²) in [4.78, 5) is 23.3. The minimum Gasteiger partial charge on any atom is -0.461 e. The van der Waals surface area contributed by atoms with Gasteiger partial charge in [0, 0.05) is 6.42 Å². The van der Waals surface area contributed by atoms with Gasteiger partial charge in [-0.25, -0.2) is 9.67 Å². The summed E-state index contributed by atoms with van der Waals surface area (Å²) in [5, 5.41) is 13.2.